The Morgan fingerprint density at radius 3 is 2.74 bits per heavy atom. The van der Waals surface area contributed by atoms with Crippen LogP contribution in [0.4, 0.5) is 11.4 Å². The normalized spacial score (nSPS) is 16.1. The molecule has 2 rings (SSSR count). The number of nitrogen functional groups attached to an aromatic ring is 1. The highest BCUT2D eigenvalue weighted by atomic mass is 16.5. The van der Waals surface area contributed by atoms with E-state index in [-0.39, 0.29) is 5.91 Å². The van der Waals surface area contributed by atoms with Gasteiger partial charge in [-0.2, -0.15) is 0 Å². The standard InChI is InChI=1S/C14H21N3O2/c1-19-11-5-6-13(12(15)9-11)16-14(18)10-17-7-3-2-4-8-17/h5-6,9H,2-4,7-8,10,15H2,1H3,(H,16,18). The van der Waals surface area contributed by atoms with Crippen LogP contribution in [0.1, 0.15) is 19.3 Å². The van der Waals surface area contributed by atoms with Gasteiger partial charge in [0.25, 0.3) is 0 Å². The maximum absolute atomic E-state index is 11.9. The number of methoxy groups -OCH3 is 1. The van der Waals surface area contributed by atoms with E-state index in [2.05, 4.69) is 10.2 Å². The molecule has 0 radical (unpaired) electrons. The van der Waals surface area contributed by atoms with E-state index >= 15 is 0 Å². The number of nitrogens with zero attached hydrogens (tertiary/aromatic N) is 1. The lowest BCUT2D eigenvalue weighted by Crippen LogP contribution is -2.36. The number of anilines is 2. The number of piperidine rings is 1. The summed E-state index contributed by atoms with van der Waals surface area (Å²) in [6.45, 7) is 2.45. The molecule has 0 aromatic heterocycles. The first kappa shape index (κ1) is 13.7. The van der Waals surface area contributed by atoms with Gasteiger partial charge in [0.1, 0.15) is 5.75 Å². The quantitative estimate of drug-likeness (QED) is 0.811. The van der Waals surface area contributed by atoms with Gasteiger partial charge in [-0.15, -0.1) is 0 Å². The van der Waals surface area contributed by atoms with E-state index in [9.17, 15) is 4.79 Å². The molecule has 0 bridgehead atoms. The van der Waals surface area contributed by atoms with Gasteiger partial charge in [-0.3, -0.25) is 9.69 Å². The number of ether oxygens (including phenoxy) is 1. The molecule has 5 heteroatoms. The molecule has 0 unspecified atom stereocenters. The largest absolute Gasteiger partial charge is 0.497 e. The predicted octanol–water partition coefficient (Wildman–Crippen LogP) is 1.70. The van der Waals surface area contributed by atoms with Crippen LogP contribution in [0.2, 0.25) is 0 Å². The summed E-state index contributed by atoms with van der Waals surface area (Å²) in [7, 11) is 1.59. The van der Waals surface area contributed by atoms with Crippen molar-refractivity contribution in [1.82, 2.24) is 4.90 Å². The highest BCUT2D eigenvalue weighted by Gasteiger charge is 2.14. The molecule has 1 fully saturated rings. The Kier molecular flexibility index (Phi) is 4.63. The minimum atomic E-state index is -0.0150. The van der Waals surface area contributed by atoms with Crippen LogP contribution in [-0.4, -0.2) is 37.6 Å². The van der Waals surface area contributed by atoms with Crippen molar-refractivity contribution < 1.29 is 9.53 Å². The molecular formula is C14H21N3O2. The predicted molar refractivity (Wildman–Crippen MR) is 76.3 cm³/mol. The summed E-state index contributed by atoms with van der Waals surface area (Å²) in [4.78, 5) is 14.1. The summed E-state index contributed by atoms with van der Waals surface area (Å²) < 4.78 is 5.08. The lowest BCUT2D eigenvalue weighted by molar-refractivity contribution is -0.117. The van der Waals surface area contributed by atoms with Crippen molar-refractivity contribution in [3.63, 3.8) is 0 Å². The number of rotatable bonds is 4. The third-order valence-corrected chi connectivity index (χ3v) is 3.35. The van der Waals surface area contributed by atoms with E-state index in [0.717, 1.165) is 13.1 Å². The van der Waals surface area contributed by atoms with E-state index in [1.165, 1.54) is 19.3 Å². The molecule has 1 aromatic rings. The van der Waals surface area contributed by atoms with Crippen LogP contribution in [0.25, 0.3) is 0 Å². The second-order valence-corrected chi connectivity index (χ2v) is 4.84. The van der Waals surface area contributed by atoms with Crippen LogP contribution in [0.5, 0.6) is 5.75 Å². The van der Waals surface area contributed by atoms with Gasteiger partial charge in [0, 0.05) is 6.07 Å². The topological polar surface area (TPSA) is 67.6 Å². The van der Waals surface area contributed by atoms with Gasteiger partial charge in [-0.25, -0.2) is 0 Å². The molecule has 1 aliphatic heterocycles. The number of hydrogen-bond donors (Lipinski definition) is 2. The zero-order chi connectivity index (χ0) is 13.7. The van der Waals surface area contributed by atoms with E-state index < -0.39 is 0 Å². The first-order chi connectivity index (χ1) is 9.19. The van der Waals surface area contributed by atoms with Crippen molar-refractivity contribution in [1.29, 1.82) is 0 Å². The maximum Gasteiger partial charge on any atom is 0.238 e. The average Bonchev–Trinajstić information content (AvgIpc) is 2.42. The van der Waals surface area contributed by atoms with Crippen LogP contribution >= 0.6 is 0 Å². The van der Waals surface area contributed by atoms with E-state index in [4.69, 9.17) is 10.5 Å². The molecule has 1 aromatic carbocycles. The molecule has 19 heavy (non-hydrogen) atoms. The number of hydrogen-bond acceptors (Lipinski definition) is 4. The van der Waals surface area contributed by atoms with Crippen molar-refractivity contribution in [2.24, 2.45) is 0 Å². The summed E-state index contributed by atoms with van der Waals surface area (Å²) >= 11 is 0. The zero-order valence-corrected chi connectivity index (χ0v) is 11.3. The Hall–Kier alpha value is -1.75. The van der Waals surface area contributed by atoms with E-state index in [1.807, 2.05) is 0 Å². The number of nitrogens with two attached hydrogens (primary N) is 1. The fourth-order valence-electron chi connectivity index (χ4n) is 2.29. The average molecular weight is 263 g/mol. The molecule has 1 aliphatic rings. The third-order valence-electron chi connectivity index (χ3n) is 3.35. The van der Waals surface area contributed by atoms with Crippen LogP contribution in [0.15, 0.2) is 18.2 Å². The fourth-order valence-corrected chi connectivity index (χ4v) is 2.29. The lowest BCUT2D eigenvalue weighted by Gasteiger charge is -2.25. The first-order valence-electron chi connectivity index (χ1n) is 6.65. The smallest absolute Gasteiger partial charge is 0.238 e. The Morgan fingerprint density at radius 1 is 1.37 bits per heavy atom. The van der Waals surface area contributed by atoms with Crippen molar-refractivity contribution in [3.05, 3.63) is 18.2 Å². The zero-order valence-electron chi connectivity index (χ0n) is 11.3. The Balaban J connectivity index is 1.91. The van der Waals surface area contributed by atoms with E-state index in [1.54, 1.807) is 25.3 Å². The number of carbonyl (C=O) groups is 1. The summed E-state index contributed by atoms with van der Waals surface area (Å²) in [6.07, 6.45) is 3.62. The molecule has 0 spiro atoms. The SMILES string of the molecule is COc1ccc(NC(=O)CN2CCCCC2)c(N)c1. The summed E-state index contributed by atoms with van der Waals surface area (Å²) in [6, 6.07) is 5.26. The molecule has 3 N–H and O–H groups in total. The number of likely N-dealkylation sites (tertiary alicyclic amines) is 1. The summed E-state index contributed by atoms with van der Waals surface area (Å²) in [5, 5.41) is 2.85. The van der Waals surface area contributed by atoms with Crippen LogP contribution in [-0.2, 0) is 4.79 Å². The van der Waals surface area contributed by atoms with Gasteiger partial charge >= 0.3 is 0 Å². The fraction of sp³-hybridized carbons (Fsp3) is 0.500. The molecule has 0 atom stereocenters. The number of carbonyl (C=O) groups excluding carboxylic acids is 1. The van der Waals surface area contributed by atoms with Crippen molar-refractivity contribution in [2.45, 2.75) is 19.3 Å². The molecule has 1 amide bonds. The molecule has 104 valence electrons. The molecule has 5 nitrogen and oxygen atoms in total. The van der Waals surface area contributed by atoms with Crippen molar-refractivity contribution >= 4 is 17.3 Å². The number of amides is 1. The van der Waals surface area contributed by atoms with Crippen LogP contribution < -0.4 is 15.8 Å². The Morgan fingerprint density at radius 2 is 2.11 bits per heavy atom. The molecular weight excluding hydrogens is 242 g/mol. The highest BCUT2D eigenvalue weighted by Crippen LogP contribution is 2.24. The van der Waals surface area contributed by atoms with Crippen LogP contribution in [0, 0.1) is 0 Å². The minimum Gasteiger partial charge on any atom is -0.497 e. The molecule has 1 heterocycles. The first-order valence-corrected chi connectivity index (χ1v) is 6.65. The summed E-state index contributed by atoms with van der Waals surface area (Å²) in [5.41, 5.74) is 7.03. The minimum absolute atomic E-state index is 0.0150. The molecule has 1 saturated heterocycles. The van der Waals surface area contributed by atoms with Gasteiger partial charge in [0.2, 0.25) is 5.91 Å². The van der Waals surface area contributed by atoms with Crippen molar-refractivity contribution in [2.75, 3.05) is 37.8 Å². The van der Waals surface area contributed by atoms with E-state index in [0.29, 0.717) is 23.7 Å². The van der Waals surface area contributed by atoms with Gasteiger partial charge in [0.05, 0.1) is 25.0 Å². The van der Waals surface area contributed by atoms with Crippen LogP contribution in [0.3, 0.4) is 0 Å². The van der Waals surface area contributed by atoms with Gasteiger partial charge in [-0.05, 0) is 38.1 Å². The summed E-state index contributed by atoms with van der Waals surface area (Å²) in [5.74, 6) is 0.672. The van der Waals surface area contributed by atoms with Gasteiger partial charge < -0.3 is 15.8 Å². The number of nitrogens with one attached hydrogen (secondary N) is 1. The monoisotopic (exact) mass is 263 g/mol. The maximum atomic E-state index is 11.9. The highest BCUT2D eigenvalue weighted by molar-refractivity contribution is 5.95. The Labute approximate surface area is 113 Å². The lowest BCUT2D eigenvalue weighted by atomic mass is 10.1. The second-order valence-electron chi connectivity index (χ2n) is 4.84. The number of benzene rings is 1. The van der Waals surface area contributed by atoms with Gasteiger partial charge in [0.15, 0.2) is 0 Å². The van der Waals surface area contributed by atoms with Gasteiger partial charge in [-0.1, -0.05) is 6.42 Å². The molecule has 0 aliphatic carbocycles. The van der Waals surface area contributed by atoms with Crippen molar-refractivity contribution in [3.8, 4) is 5.75 Å². The third kappa shape index (κ3) is 3.86. The second kappa shape index (κ2) is 6.43. The molecule has 0 saturated carbocycles. The Bertz CT molecular complexity index is 442.